The van der Waals surface area contributed by atoms with Crippen molar-refractivity contribution in [2.75, 3.05) is 0 Å². The predicted octanol–water partition coefficient (Wildman–Crippen LogP) is 2.93. The summed E-state index contributed by atoms with van der Waals surface area (Å²) >= 11 is 0. The summed E-state index contributed by atoms with van der Waals surface area (Å²) in [5.74, 6) is 0. The Hall–Kier alpha value is -0.860. The molecule has 1 aromatic rings. The Bertz CT molecular complexity index is 394. The van der Waals surface area contributed by atoms with Crippen LogP contribution in [0, 0.1) is 5.41 Å². The molecule has 1 aromatic carbocycles. The summed E-state index contributed by atoms with van der Waals surface area (Å²) in [6.07, 6.45) is 1.25. The second-order valence-corrected chi connectivity index (χ2v) is 5.86. The van der Waals surface area contributed by atoms with E-state index in [1.807, 2.05) is 12.1 Å². The van der Waals surface area contributed by atoms with Crippen molar-refractivity contribution < 1.29 is 9.84 Å². The number of hydrogen-bond acceptors (Lipinski definition) is 2. The molecule has 0 aliphatic carbocycles. The molecule has 1 aliphatic rings. The molecular formula is C15H22O2. The summed E-state index contributed by atoms with van der Waals surface area (Å²) in [4.78, 5) is 0. The van der Waals surface area contributed by atoms with Crippen LogP contribution in [0.25, 0.3) is 0 Å². The van der Waals surface area contributed by atoms with Crippen molar-refractivity contribution in [3.05, 3.63) is 35.4 Å². The second kappa shape index (κ2) is 4.11. The van der Waals surface area contributed by atoms with Gasteiger partial charge in [-0.1, -0.05) is 38.1 Å². The molecule has 1 saturated heterocycles. The van der Waals surface area contributed by atoms with Crippen LogP contribution in [-0.4, -0.2) is 16.8 Å². The summed E-state index contributed by atoms with van der Waals surface area (Å²) in [6.45, 7) is 8.96. The maximum Gasteiger partial charge on any atom is 0.0773 e. The summed E-state index contributed by atoms with van der Waals surface area (Å²) in [5.41, 5.74) is 2.36. The minimum atomic E-state index is -0.0762. The number of ether oxygens (including phenoxy) is 1. The highest BCUT2D eigenvalue weighted by Gasteiger charge is 2.56. The zero-order chi connectivity index (χ0) is 12.7. The van der Waals surface area contributed by atoms with Crippen LogP contribution in [0.5, 0.6) is 0 Å². The summed E-state index contributed by atoms with van der Waals surface area (Å²) in [5, 5.41) is 9.01. The number of aliphatic hydroxyl groups excluding tert-OH is 1. The third-order valence-corrected chi connectivity index (χ3v) is 4.56. The molecule has 2 rings (SSSR count). The molecule has 0 amide bonds. The van der Waals surface area contributed by atoms with Crippen LogP contribution in [-0.2, 0) is 17.8 Å². The molecule has 2 nitrogen and oxygen atoms in total. The number of benzene rings is 1. The van der Waals surface area contributed by atoms with E-state index < -0.39 is 0 Å². The van der Waals surface area contributed by atoms with Gasteiger partial charge < -0.3 is 9.84 Å². The maximum absolute atomic E-state index is 9.01. The highest BCUT2D eigenvalue weighted by atomic mass is 16.5. The molecule has 0 radical (unpaired) electrons. The molecule has 1 heterocycles. The van der Waals surface area contributed by atoms with Crippen molar-refractivity contribution in [3.8, 4) is 0 Å². The van der Waals surface area contributed by atoms with Crippen LogP contribution in [0.15, 0.2) is 24.3 Å². The molecule has 1 N–H and O–H groups in total. The zero-order valence-corrected chi connectivity index (χ0v) is 11.2. The van der Waals surface area contributed by atoms with Crippen molar-refractivity contribution in [2.24, 2.45) is 5.41 Å². The van der Waals surface area contributed by atoms with E-state index in [0.29, 0.717) is 6.10 Å². The topological polar surface area (TPSA) is 29.5 Å². The van der Waals surface area contributed by atoms with E-state index in [2.05, 4.69) is 39.8 Å². The first-order chi connectivity index (χ1) is 7.89. The smallest absolute Gasteiger partial charge is 0.0773 e. The molecule has 0 saturated carbocycles. The largest absolute Gasteiger partial charge is 0.392 e. The molecule has 2 atom stereocenters. The first-order valence-corrected chi connectivity index (χ1v) is 6.25. The summed E-state index contributed by atoms with van der Waals surface area (Å²) < 4.78 is 5.95. The number of rotatable bonds is 3. The van der Waals surface area contributed by atoms with Gasteiger partial charge >= 0.3 is 0 Å². The van der Waals surface area contributed by atoms with Crippen LogP contribution < -0.4 is 0 Å². The van der Waals surface area contributed by atoms with Gasteiger partial charge in [-0.3, -0.25) is 0 Å². The summed E-state index contributed by atoms with van der Waals surface area (Å²) in [6, 6.07) is 8.13. The van der Waals surface area contributed by atoms with Crippen molar-refractivity contribution in [1.29, 1.82) is 0 Å². The SMILES string of the molecule is CC1OC(C)(Cc2ccc(CO)cc2)C1(C)C. The van der Waals surface area contributed by atoms with Gasteiger partial charge in [0.25, 0.3) is 0 Å². The highest BCUT2D eigenvalue weighted by molar-refractivity contribution is 5.25. The van der Waals surface area contributed by atoms with Gasteiger partial charge in [0.1, 0.15) is 0 Å². The predicted molar refractivity (Wildman–Crippen MR) is 68.8 cm³/mol. The van der Waals surface area contributed by atoms with Crippen LogP contribution >= 0.6 is 0 Å². The van der Waals surface area contributed by atoms with Crippen LogP contribution in [0.3, 0.4) is 0 Å². The molecule has 0 spiro atoms. The first kappa shape index (κ1) is 12.6. The molecule has 94 valence electrons. The molecule has 0 bridgehead atoms. The van der Waals surface area contributed by atoms with Gasteiger partial charge in [0.05, 0.1) is 18.3 Å². The normalized spacial score (nSPS) is 31.0. The first-order valence-electron chi connectivity index (χ1n) is 6.25. The highest BCUT2D eigenvalue weighted by Crippen LogP contribution is 2.51. The maximum atomic E-state index is 9.01. The lowest BCUT2D eigenvalue weighted by Crippen LogP contribution is -2.64. The minimum Gasteiger partial charge on any atom is -0.392 e. The fraction of sp³-hybridized carbons (Fsp3) is 0.600. The van der Waals surface area contributed by atoms with E-state index in [9.17, 15) is 0 Å². The van der Waals surface area contributed by atoms with E-state index in [0.717, 1.165) is 12.0 Å². The van der Waals surface area contributed by atoms with Crippen molar-refractivity contribution in [3.63, 3.8) is 0 Å². The monoisotopic (exact) mass is 234 g/mol. The fourth-order valence-electron chi connectivity index (χ4n) is 2.48. The standard InChI is InChI=1S/C15H22O2/c1-11-14(2,3)15(4,17-11)9-12-5-7-13(10-16)8-6-12/h5-8,11,16H,9-10H2,1-4H3. The lowest BCUT2D eigenvalue weighted by atomic mass is 9.64. The van der Waals surface area contributed by atoms with Gasteiger partial charge in [0, 0.05) is 11.8 Å². The van der Waals surface area contributed by atoms with Crippen molar-refractivity contribution >= 4 is 0 Å². The Balaban J connectivity index is 2.11. The van der Waals surface area contributed by atoms with E-state index in [1.165, 1.54) is 5.56 Å². The summed E-state index contributed by atoms with van der Waals surface area (Å²) in [7, 11) is 0. The van der Waals surface area contributed by atoms with E-state index in [1.54, 1.807) is 0 Å². The third kappa shape index (κ3) is 2.00. The third-order valence-electron chi connectivity index (χ3n) is 4.56. The van der Waals surface area contributed by atoms with Gasteiger partial charge in [0.2, 0.25) is 0 Å². The van der Waals surface area contributed by atoms with Crippen LogP contribution in [0.1, 0.15) is 38.8 Å². The molecule has 2 unspecified atom stereocenters. The second-order valence-electron chi connectivity index (χ2n) is 5.86. The quantitative estimate of drug-likeness (QED) is 0.871. The van der Waals surface area contributed by atoms with Gasteiger partial charge in [-0.15, -0.1) is 0 Å². The van der Waals surface area contributed by atoms with Crippen LogP contribution in [0.4, 0.5) is 0 Å². The Labute approximate surface area is 104 Å². The van der Waals surface area contributed by atoms with E-state index in [-0.39, 0.29) is 17.6 Å². The van der Waals surface area contributed by atoms with Gasteiger partial charge in [-0.2, -0.15) is 0 Å². The molecule has 1 fully saturated rings. The van der Waals surface area contributed by atoms with Gasteiger partial charge in [-0.05, 0) is 25.0 Å². The average molecular weight is 234 g/mol. The molecule has 2 heteroatoms. The van der Waals surface area contributed by atoms with Gasteiger partial charge in [-0.25, -0.2) is 0 Å². The minimum absolute atomic E-state index is 0.0762. The Kier molecular flexibility index (Phi) is 3.04. The molecule has 0 aromatic heterocycles. The number of hydrogen-bond donors (Lipinski definition) is 1. The molecular weight excluding hydrogens is 212 g/mol. The fourth-order valence-corrected chi connectivity index (χ4v) is 2.48. The lowest BCUT2D eigenvalue weighted by Gasteiger charge is -2.59. The Morgan fingerprint density at radius 1 is 1.12 bits per heavy atom. The van der Waals surface area contributed by atoms with Crippen LogP contribution in [0.2, 0.25) is 0 Å². The Morgan fingerprint density at radius 3 is 2.06 bits per heavy atom. The molecule has 1 aliphatic heterocycles. The zero-order valence-electron chi connectivity index (χ0n) is 11.2. The average Bonchev–Trinajstić information content (AvgIpc) is 2.30. The van der Waals surface area contributed by atoms with Crippen molar-refractivity contribution in [2.45, 2.75) is 52.4 Å². The number of aliphatic hydroxyl groups is 1. The van der Waals surface area contributed by atoms with E-state index in [4.69, 9.17) is 9.84 Å². The lowest BCUT2D eigenvalue weighted by molar-refractivity contribution is -0.291. The van der Waals surface area contributed by atoms with Gasteiger partial charge in [0.15, 0.2) is 0 Å². The van der Waals surface area contributed by atoms with E-state index >= 15 is 0 Å². The van der Waals surface area contributed by atoms with Crippen molar-refractivity contribution in [1.82, 2.24) is 0 Å². The molecule has 17 heavy (non-hydrogen) atoms. The Morgan fingerprint density at radius 2 is 1.65 bits per heavy atom.